The van der Waals surface area contributed by atoms with Gasteiger partial charge in [-0.25, -0.2) is 4.99 Å². The van der Waals surface area contributed by atoms with Gasteiger partial charge in [0.15, 0.2) is 5.96 Å². The SMILES string of the molecule is CN(C)c1ccc(CN=C(N)Nc2ccccc2)cc1.I. The van der Waals surface area contributed by atoms with E-state index in [2.05, 4.69) is 39.5 Å². The second-order valence-electron chi connectivity index (χ2n) is 4.75. The summed E-state index contributed by atoms with van der Waals surface area (Å²) in [5.74, 6) is 0.424. The van der Waals surface area contributed by atoms with Crippen molar-refractivity contribution in [3.8, 4) is 0 Å². The molecule has 0 fully saturated rings. The van der Waals surface area contributed by atoms with Crippen LogP contribution in [0, 0.1) is 0 Å². The van der Waals surface area contributed by atoms with Crippen molar-refractivity contribution < 1.29 is 0 Å². The number of aliphatic imine (C=N–C) groups is 1. The first-order chi connectivity index (χ1) is 9.65. The monoisotopic (exact) mass is 396 g/mol. The number of benzene rings is 2. The summed E-state index contributed by atoms with van der Waals surface area (Å²) in [4.78, 5) is 6.40. The molecule has 4 nitrogen and oxygen atoms in total. The fraction of sp³-hybridized carbons (Fsp3) is 0.188. The van der Waals surface area contributed by atoms with Crippen LogP contribution in [0.25, 0.3) is 0 Å². The van der Waals surface area contributed by atoms with Crippen molar-refractivity contribution in [2.24, 2.45) is 10.7 Å². The highest BCUT2D eigenvalue weighted by atomic mass is 127. The van der Waals surface area contributed by atoms with E-state index in [0.717, 1.165) is 11.3 Å². The minimum Gasteiger partial charge on any atom is -0.378 e. The number of nitrogens with zero attached hydrogens (tertiary/aromatic N) is 2. The van der Waals surface area contributed by atoms with Gasteiger partial charge in [0.1, 0.15) is 0 Å². The van der Waals surface area contributed by atoms with Gasteiger partial charge in [-0.05, 0) is 29.8 Å². The Morgan fingerprint density at radius 2 is 1.67 bits per heavy atom. The predicted molar refractivity (Wildman–Crippen MR) is 102 cm³/mol. The van der Waals surface area contributed by atoms with E-state index >= 15 is 0 Å². The summed E-state index contributed by atoms with van der Waals surface area (Å²) < 4.78 is 0. The summed E-state index contributed by atoms with van der Waals surface area (Å²) >= 11 is 0. The number of para-hydroxylation sites is 1. The molecule has 0 spiro atoms. The first-order valence-electron chi connectivity index (χ1n) is 6.53. The summed E-state index contributed by atoms with van der Waals surface area (Å²) in [5.41, 5.74) is 9.11. The van der Waals surface area contributed by atoms with Gasteiger partial charge in [-0.2, -0.15) is 0 Å². The molecule has 0 atom stereocenters. The van der Waals surface area contributed by atoms with Crippen molar-refractivity contribution >= 4 is 41.3 Å². The van der Waals surface area contributed by atoms with Crippen LogP contribution < -0.4 is 16.0 Å². The molecule has 0 amide bonds. The van der Waals surface area contributed by atoms with E-state index in [1.165, 1.54) is 5.69 Å². The fourth-order valence-corrected chi connectivity index (χ4v) is 1.78. The molecule has 2 rings (SSSR count). The molecule has 0 saturated heterocycles. The topological polar surface area (TPSA) is 53.6 Å². The molecule has 0 aliphatic rings. The summed E-state index contributed by atoms with van der Waals surface area (Å²) in [6.45, 7) is 0.569. The molecule has 2 aromatic carbocycles. The van der Waals surface area contributed by atoms with Crippen molar-refractivity contribution in [2.45, 2.75) is 6.54 Å². The molecule has 5 heteroatoms. The highest BCUT2D eigenvalue weighted by molar-refractivity contribution is 14.0. The average molecular weight is 396 g/mol. The number of nitrogens with one attached hydrogen (secondary N) is 1. The van der Waals surface area contributed by atoms with Crippen LogP contribution in [-0.2, 0) is 6.54 Å². The van der Waals surface area contributed by atoms with Crippen molar-refractivity contribution in [1.82, 2.24) is 0 Å². The van der Waals surface area contributed by atoms with Crippen LogP contribution >= 0.6 is 24.0 Å². The lowest BCUT2D eigenvalue weighted by atomic mass is 10.2. The van der Waals surface area contributed by atoms with Gasteiger partial charge < -0.3 is 16.0 Å². The molecule has 112 valence electrons. The lowest BCUT2D eigenvalue weighted by Gasteiger charge is -2.12. The molecule has 3 N–H and O–H groups in total. The number of rotatable bonds is 4. The molecule has 0 aliphatic carbocycles. The van der Waals surface area contributed by atoms with E-state index in [1.807, 2.05) is 44.4 Å². The van der Waals surface area contributed by atoms with Crippen LogP contribution in [0.5, 0.6) is 0 Å². The smallest absolute Gasteiger partial charge is 0.193 e. The van der Waals surface area contributed by atoms with Crippen molar-refractivity contribution in [1.29, 1.82) is 0 Å². The fourth-order valence-electron chi connectivity index (χ4n) is 1.78. The van der Waals surface area contributed by atoms with Gasteiger partial charge in [-0.1, -0.05) is 30.3 Å². The first kappa shape index (κ1) is 17.3. The lowest BCUT2D eigenvalue weighted by molar-refractivity contribution is 1.05. The Labute approximate surface area is 143 Å². The molecule has 0 heterocycles. The molecule has 0 unspecified atom stereocenters. The van der Waals surface area contributed by atoms with E-state index < -0.39 is 0 Å². The Morgan fingerprint density at radius 3 is 2.24 bits per heavy atom. The zero-order valence-corrected chi connectivity index (χ0v) is 14.6. The minimum absolute atomic E-state index is 0. The third-order valence-corrected chi connectivity index (χ3v) is 2.93. The Hall–Kier alpha value is -1.76. The van der Waals surface area contributed by atoms with Crippen LogP contribution in [0.1, 0.15) is 5.56 Å². The van der Waals surface area contributed by atoms with Crippen LogP contribution in [0.15, 0.2) is 59.6 Å². The maximum absolute atomic E-state index is 5.86. The van der Waals surface area contributed by atoms with Gasteiger partial charge in [-0.15, -0.1) is 24.0 Å². The van der Waals surface area contributed by atoms with Gasteiger partial charge in [0.2, 0.25) is 0 Å². The van der Waals surface area contributed by atoms with Gasteiger partial charge in [0.25, 0.3) is 0 Å². The van der Waals surface area contributed by atoms with Crippen LogP contribution in [-0.4, -0.2) is 20.1 Å². The second-order valence-corrected chi connectivity index (χ2v) is 4.75. The van der Waals surface area contributed by atoms with E-state index in [9.17, 15) is 0 Å². The van der Waals surface area contributed by atoms with E-state index in [0.29, 0.717) is 12.5 Å². The molecular weight excluding hydrogens is 375 g/mol. The highest BCUT2D eigenvalue weighted by Gasteiger charge is 1.97. The number of anilines is 2. The minimum atomic E-state index is 0. The number of halogens is 1. The van der Waals surface area contributed by atoms with E-state index in [1.54, 1.807) is 0 Å². The van der Waals surface area contributed by atoms with Crippen molar-refractivity contribution in [3.63, 3.8) is 0 Å². The van der Waals surface area contributed by atoms with Gasteiger partial charge in [0.05, 0.1) is 6.54 Å². The largest absolute Gasteiger partial charge is 0.378 e. The molecule has 0 aromatic heterocycles. The summed E-state index contributed by atoms with van der Waals surface area (Å²) in [6.07, 6.45) is 0. The Kier molecular flexibility index (Phi) is 7.01. The number of hydrogen-bond donors (Lipinski definition) is 2. The number of nitrogens with two attached hydrogens (primary N) is 1. The zero-order valence-electron chi connectivity index (χ0n) is 12.3. The first-order valence-corrected chi connectivity index (χ1v) is 6.53. The maximum Gasteiger partial charge on any atom is 0.193 e. The summed E-state index contributed by atoms with van der Waals surface area (Å²) in [7, 11) is 4.05. The molecule has 2 aromatic rings. The Morgan fingerprint density at radius 1 is 1.05 bits per heavy atom. The predicted octanol–water partition coefficient (Wildman–Crippen LogP) is 3.30. The third-order valence-electron chi connectivity index (χ3n) is 2.93. The zero-order chi connectivity index (χ0) is 14.4. The summed E-state index contributed by atoms with van der Waals surface area (Å²) in [6, 6.07) is 18.1. The van der Waals surface area contributed by atoms with Crippen molar-refractivity contribution in [2.75, 3.05) is 24.3 Å². The summed E-state index contributed by atoms with van der Waals surface area (Å²) in [5, 5.41) is 3.06. The van der Waals surface area contributed by atoms with Crippen LogP contribution in [0.3, 0.4) is 0 Å². The maximum atomic E-state index is 5.86. The standard InChI is InChI=1S/C16H20N4.HI/c1-20(2)15-10-8-13(9-11-15)12-18-16(17)19-14-6-4-3-5-7-14;/h3-11H,12H2,1-2H3,(H3,17,18,19);1H. The molecule has 0 radical (unpaired) electrons. The van der Waals surface area contributed by atoms with E-state index in [4.69, 9.17) is 5.73 Å². The van der Waals surface area contributed by atoms with Crippen molar-refractivity contribution in [3.05, 3.63) is 60.2 Å². The molecule has 0 bridgehead atoms. The van der Waals surface area contributed by atoms with Crippen LogP contribution in [0.2, 0.25) is 0 Å². The Balaban J connectivity index is 0.00000220. The quantitative estimate of drug-likeness (QED) is 0.474. The third kappa shape index (κ3) is 5.63. The second kappa shape index (κ2) is 8.51. The molecule has 21 heavy (non-hydrogen) atoms. The molecule has 0 saturated carbocycles. The number of hydrogen-bond acceptors (Lipinski definition) is 2. The van der Waals surface area contributed by atoms with E-state index in [-0.39, 0.29) is 24.0 Å². The van der Waals surface area contributed by atoms with Gasteiger partial charge in [0, 0.05) is 25.5 Å². The Bertz CT molecular complexity index is 565. The average Bonchev–Trinajstić information content (AvgIpc) is 2.46. The number of guanidine groups is 1. The van der Waals surface area contributed by atoms with Gasteiger partial charge in [-0.3, -0.25) is 0 Å². The normalized spacial score (nSPS) is 10.7. The highest BCUT2D eigenvalue weighted by Crippen LogP contribution is 2.12. The molecule has 0 aliphatic heterocycles. The lowest BCUT2D eigenvalue weighted by Crippen LogP contribution is -2.22. The molecular formula is C16H21IN4. The van der Waals surface area contributed by atoms with Gasteiger partial charge >= 0.3 is 0 Å². The van der Waals surface area contributed by atoms with Crippen LogP contribution in [0.4, 0.5) is 11.4 Å².